The summed E-state index contributed by atoms with van der Waals surface area (Å²) >= 11 is 0. The molecule has 5 nitrogen and oxygen atoms in total. The topological polar surface area (TPSA) is 44.8 Å². The predicted octanol–water partition coefficient (Wildman–Crippen LogP) is 3.99. The lowest BCUT2D eigenvalue weighted by Gasteiger charge is -2.48. The highest BCUT2D eigenvalue weighted by Crippen LogP contribution is 2.46. The second-order valence-corrected chi connectivity index (χ2v) is 8.71. The van der Waals surface area contributed by atoms with Gasteiger partial charge in [0.05, 0.1) is 12.6 Å². The second-order valence-electron chi connectivity index (χ2n) is 8.71. The summed E-state index contributed by atoms with van der Waals surface area (Å²) in [6.07, 6.45) is 4.07. The first-order valence-corrected chi connectivity index (χ1v) is 10.4. The maximum Gasteiger partial charge on any atom is 0.318 e. The van der Waals surface area contributed by atoms with Crippen LogP contribution in [0.15, 0.2) is 54.6 Å². The van der Waals surface area contributed by atoms with Crippen molar-refractivity contribution in [1.29, 1.82) is 0 Å². The fourth-order valence-corrected chi connectivity index (χ4v) is 5.03. The van der Waals surface area contributed by atoms with Crippen LogP contribution >= 0.6 is 0 Å². The minimum atomic E-state index is -0.113. The van der Waals surface area contributed by atoms with Gasteiger partial charge >= 0.3 is 6.03 Å². The van der Waals surface area contributed by atoms with Crippen LogP contribution in [0.2, 0.25) is 0 Å². The van der Waals surface area contributed by atoms with Gasteiger partial charge in [0, 0.05) is 18.6 Å². The number of nitrogens with one attached hydrogen (secondary N) is 1. The number of hydrogen-bond donors (Lipinski definition) is 1. The fourth-order valence-electron chi connectivity index (χ4n) is 5.03. The molecule has 1 aliphatic heterocycles. The van der Waals surface area contributed by atoms with E-state index in [0.717, 1.165) is 43.5 Å². The van der Waals surface area contributed by atoms with Gasteiger partial charge in [0.1, 0.15) is 5.75 Å². The number of benzene rings is 2. The SMILES string of the molecule is COc1ccc(CN2CC3(CCC(c4ccccc4)(N(C)C)CC3)NC2=O)cc1. The predicted molar refractivity (Wildman–Crippen MR) is 115 cm³/mol. The number of amides is 2. The van der Waals surface area contributed by atoms with Crippen LogP contribution < -0.4 is 10.1 Å². The van der Waals surface area contributed by atoms with Crippen molar-refractivity contribution >= 4 is 6.03 Å². The Labute approximate surface area is 173 Å². The Morgan fingerprint density at radius 3 is 2.24 bits per heavy atom. The Kier molecular flexibility index (Phi) is 5.26. The third kappa shape index (κ3) is 3.71. The average Bonchev–Trinajstić information content (AvgIpc) is 3.04. The minimum Gasteiger partial charge on any atom is -0.497 e. The summed E-state index contributed by atoms with van der Waals surface area (Å²) < 4.78 is 5.23. The van der Waals surface area contributed by atoms with Crippen LogP contribution in [0.1, 0.15) is 36.8 Å². The van der Waals surface area contributed by atoms with Gasteiger partial charge in [-0.1, -0.05) is 42.5 Å². The quantitative estimate of drug-likeness (QED) is 0.835. The molecule has 0 aromatic heterocycles. The Morgan fingerprint density at radius 2 is 1.66 bits per heavy atom. The van der Waals surface area contributed by atoms with Gasteiger partial charge < -0.3 is 15.0 Å². The van der Waals surface area contributed by atoms with E-state index in [-0.39, 0.29) is 17.1 Å². The molecule has 154 valence electrons. The Morgan fingerprint density at radius 1 is 1.00 bits per heavy atom. The van der Waals surface area contributed by atoms with E-state index in [9.17, 15) is 4.79 Å². The van der Waals surface area contributed by atoms with E-state index < -0.39 is 0 Å². The highest BCUT2D eigenvalue weighted by molar-refractivity contribution is 5.78. The van der Waals surface area contributed by atoms with Crippen LogP contribution in [0.3, 0.4) is 0 Å². The molecule has 0 unspecified atom stereocenters. The van der Waals surface area contributed by atoms with E-state index in [0.29, 0.717) is 6.54 Å². The van der Waals surface area contributed by atoms with Gasteiger partial charge in [0.2, 0.25) is 0 Å². The Balaban J connectivity index is 1.46. The summed E-state index contributed by atoms with van der Waals surface area (Å²) in [5, 5.41) is 3.33. The second kappa shape index (κ2) is 7.71. The summed E-state index contributed by atoms with van der Waals surface area (Å²) in [5.74, 6) is 0.837. The summed E-state index contributed by atoms with van der Waals surface area (Å²) in [5.41, 5.74) is 2.43. The third-order valence-corrected chi connectivity index (χ3v) is 6.89. The molecule has 0 atom stereocenters. The number of methoxy groups -OCH3 is 1. The molecule has 2 fully saturated rings. The average molecular weight is 394 g/mol. The van der Waals surface area contributed by atoms with Crippen LogP contribution in [0.5, 0.6) is 5.75 Å². The van der Waals surface area contributed by atoms with Crippen molar-refractivity contribution in [3.05, 3.63) is 65.7 Å². The van der Waals surface area contributed by atoms with Crippen molar-refractivity contribution in [2.24, 2.45) is 0 Å². The molecule has 0 radical (unpaired) electrons. The van der Waals surface area contributed by atoms with Crippen molar-refractivity contribution in [1.82, 2.24) is 15.1 Å². The number of rotatable bonds is 5. The minimum absolute atomic E-state index is 0.0423. The molecule has 1 saturated heterocycles. The van der Waals surface area contributed by atoms with Gasteiger partial charge in [-0.2, -0.15) is 0 Å². The summed E-state index contributed by atoms with van der Waals surface area (Å²) in [6.45, 7) is 1.41. The van der Waals surface area contributed by atoms with Gasteiger partial charge in [-0.15, -0.1) is 0 Å². The molecule has 1 spiro atoms. The van der Waals surface area contributed by atoms with E-state index in [2.05, 4.69) is 54.6 Å². The molecule has 4 rings (SSSR count). The van der Waals surface area contributed by atoms with Crippen LogP contribution in [-0.2, 0) is 12.1 Å². The van der Waals surface area contributed by atoms with Crippen molar-refractivity contribution in [3.8, 4) is 5.75 Å². The number of nitrogens with zero attached hydrogens (tertiary/aromatic N) is 2. The standard InChI is InChI=1S/C24H31N3O2/c1-26(2)24(20-7-5-4-6-8-20)15-13-23(14-16-24)18-27(22(28)25-23)17-19-9-11-21(29-3)12-10-19/h4-12H,13-18H2,1-3H3,(H,25,28). The van der Waals surface area contributed by atoms with Crippen LogP contribution in [0.4, 0.5) is 4.79 Å². The number of carbonyl (C=O) groups excluding carboxylic acids is 1. The van der Waals surface area contributed by atoms with Crippen LogP contribution in [0.25, 0.3) is 0 Å². The molecule has 1 N–H and O–H groups in total. The largest absolute Gasteiger partial charge is 0.497 e. The van der Waals surface area contributed by atoms with Crippen LogP contribution in [0, 0.1) is 0 Å². The maximum absolute atomic E-state index is 12.7. The third-order valence-electron chi connectivity index (χ3n) is 6.89. The smallest absolute Gasteiger partial charge is 0.318 e. The normalized spacial score (nSPS) is 26.8. The van der Waals surface area contributed by atoms with Crippen LogP contribution in [-0.4, -0.2) is 49.1 Å². The molecule has 0 bridgehead atoms. The lowest BCUT2D eigenvalue weighted by atomic mass is 9.69. The zero-order chi connectivity index (χ0) is 20.5. The van der Waals surface area contributed by atoms with Crippen molar-refractivity contribution in [2.45, 2.75) is 43.3 Å². The highest BCUT2D eigenvalue weighted by Gasteiger charge is 2.49. The van der Waals surface area contributed by atoms with E-state index in [1.807, 2.05) is 29.2 Å². The lowest BCUT2D eigenvalue weighted by molar-refractivity contribution is 0.0617. The van der Waals surface area contributed by atoms with E-state index in [4.69, 9.17) is 4.74 Å². The number of ether oxygens (including phenoxy) is 1. The van der Waals surface area contributed by atoms with E-state index >= 15 is 0 Å². The molecule has 1 saturated carbocycles. The van der Waals surface area contributed by atoms with Crippen molar-refractivity contribution in [2.75, 3.05) is 27.7 Å². The zero-order valence-corrected chi connectivity index (χ0v) is 17.6. The summed E-state index contributed by atoms with van der Waals surface area (Å²) in [4.78, 5) is 17.0. The molecule has 29 heavy (non-hydrogen) atoms. The molecule has 1 heterocycles. The van der Waals surface area contributed by atoms with Gasteiger partial charge in [0.15, 0.2) is 0 Å². The summed E-state index contributed by atoms with van der Waals surface area (Å²) in [6, 6.07) is 18.8. The van der Waals surface area contributed by atoms with Crippen molar-refractivity contribution in [3.63, 3.8) is 0 Å². The molecule has 2 aromatic rings. The Bertz CT molecular complexity index is 840. The molecule has 5 heteroatoms. The molecule has 1 aliphatic carbocycles. The van der Waals surface area contributed by atoms with Gasteiger partial charge in [0.25, 0.3) is 0 Å². The molecule has 2 aromatic carbocycles. The van der Waals surface area contributed by atoms with Gasteiger partial charge in [-0.25, -0.2) is 4.79 Å². The Hall–Kier alpha value is -2.53. The first-order chi connectivity index (χ1) is 14.0. The number of urea groups is 1. The first kappa shape index (κ1) is 19.8. The molecule has 2 amide bonds. The van der Waals surface area contributed by atoms with E-state index in [1.54, 1.807) is 7.11 Å². The highest BCUT2D eigenvalue weighted by atomic mass is 16.5. The number of carbonyl (C=O) groups is 1. The fraction of sp³-hybridized carbons (Fsp3) is 0.458. The lowest BCUT2D eigenvalue weighted by Crippen LogP contribution is -2.54. The monoisotopic (exact) mass is 393 g/mol. The van der Waals surface area contributed by atoms with Gasteiger partial charge in [-0.05, 0) is 63.0 Å². The maximum atomic E-state index is 12.7. The van der Waals surface area contributed by atoms with Gasteiger partial charge in [-0.3, -0.25) is 4.90 Å². The molecular formula is C24H31N3O2. The first-order valence-electron chi connectivity index (χ1n) is 10.4. The zero-order valence-electron chi connectivity index (χ0n) is 17.6. The summed E-state index contributed by atoms with van der Waals surface area (Å²) in [7, 11) is 6.02. The molecule has 2 aliphatic rings. The molecular weight excluding hydrogens is 362 g/mol. The van der Waals surface area contributed by atoms with E-state index in [1.165, 1.54) is 5.56 Å². The number of hydrogen-bond acceptors (Lipinski definition) is 3. The van der Waals surface area contributed by atoms with Crippen molar-refractivity contribution < 1.29 is 9.53 Å².